The number of hydrogen-bond acceptors (Lipinski definition) is 4. The summed E-state index contributed by atoms with van der Waals surface area (Å²) in [7, 11) is -4.38. The van der Waals surface area contributed by atoms with Gasteiger partial charge in [-0.25, -0.2) is 0 Å². The van der Waals surface area contributed by atoms with Crippen molar-refractivity contribution >= 4 is 21.5 Å². The van der Waals surface area contributed by atoms with Crippen molar-refractivity contribution in [3.8, 4) is 0 Å². The van der Waals surface area contributed by atoms with Gasteiger partial charge in [0.15, 0.2) is 0 Å². The molecule has 0 aliphatic carbocycles. The summed E-state index contributed by atoms with van der Waals surface area (Å²) in [6, 6.07) is 3.56. The third-order valence-electron chi connectivity index (χ3n) is 1.44. The Balaban J connectivity index is 3.43. The molecule has 0 fully saturated rings. The number of nitrogens with two attached hydrogens (primary N) is 1. The van der Waals surface area contributed by atoms with Crippen molar-refractivity contribution in [2.45, 2.75) is 4.90 Å². The summed E-state index contributed by atoms with van der Waals surface area (Å²) in [4.78, 5) is 2.00. The highest BCUT2D eigenvalue weighted by Crippen LogP contribution is 2.24. The van der Waals surface area contributed by atoms with Crippen molar-refractivity contribution in [2.24, 2.45) is 5.11 Å². The molecule has 0 bridgehead atoms. The summed E-state index contributed by atoms with van der Waals surface area (Å²) in [5, 5.41) is 3.17. The van der Waals surface area contributed by atoms with Crippen LogP contribution in [0.3, 0.4) is 0 Å². The molecule has 0 saturated heterocycles. The molecule has 0 aliphatic rings. The average molecular weight is 214 g/mol. The van der Waals surface area contributed by atoms with Crippen LogP contribution in [0, 0.1) is 0 Å². The van der Waals surface area contributed by atoms with Gasteiger partial charge in [0.2, 0.25) is 0 Å². The van der Waals surface area contributed by atoms with Crippen LogP contribution in [0.5, 0.6) is 0 Å². The van der Waals surface area contributed by atoms with Crippen LogP contribution in [0.15, 0.2) is 28.2 Å². The van der Waals surface area contributed by atoms with Gasteiger partial charge in [0.05, 0.1) is 5.69 Å². The first-order chi connectivity index (χ1) is 6.45. The molecule has 0 unspecified atom stereocenters. The zero-order chi connectivity index (χ0) is 10.8. The van der Waals surface area contributed by atoms with Crippen LogP contribution in [0.2, 0.25) is 0 Å². The molecule has 0 heterocycles. The standard InChI is InChI=1S/C6H6N4O3S/c7-5-2-1-4(9-10-8)3-6(5)14(11,12)13/h1-3H,7H2,(H,11,12,13). The Bertz CT molecular complexity index is 504. The maximum absolute atomic E-state index is 10.8. The van der Waals surface area contributed by atoms with Gasteiger partial charge in [0.1, 0.15) is 4.90 Å². The van der Waals surface area contributed by atoms with Gasteiger partial charge in [0, 0.05) is 10.6 Å². The Morgan fingerprint density at radius 3 is 2.64 bits per heavy atom. The largest absolute Gasteiger partial charge is 0.398 e. The van der Waals surface area contributed by atoms with Crippen molar-refractivity contribution in [1.29, 1.82) is 0 Å². The molecule has 14 heavy (non-hydrogen) atoms. The van der Waals surface area contributed by atoms with Crippen molar-refractivity contribution in [3.63, 3.8) is 0 Å². The molecular formula is C6H6N4O3S. The van der Waals surface area contributed by atoms with Crippen LogP contribution < -0.4 is 5.73 Å². The molecule has 0 saturated carbocycles. The van der Waals surface area contributed by atoms with Gasteiger partial charge in [-0.2, -0.15) is 8.42 Å². The molecule has 0 amide bonds. The SMILES string of the molecule is [N-]=[N+]=Nc1ccc(N)c(S(=O)(=O)O)c1. The first kappa shape index (κ1) is 10.3. The minimum atomic E-state index is -4.38. The summed E-state index contributed by atoms with van der Waals surface area (Å²) < 4.78 is 30.2. The average Bonchev–Trinajstić information content (AvgIpc) is 2.07. The van der Waals surface area contributed by atoms with Crippen molar-refractivity contribution in [2.75, 3.05) is 5.73 Å². The molecule has 0 aromatic heterocycles. The number of anilines is 1. The maximum atomic E-state index is 10.8. The predicted octanol–water partition coefficient (Wildman–Crippen LogP) is 1.46. The highest BCUT2D eigenvalue weighted by Gasteiger charge is 2.13. The summed E-state index contributed by atoms with van der Waals surface area (Å²) in [6.45, 7) is 0. The predicted molar refractivity (Wildman–Crippen MR) is 49.5 cm³/mol. The topological polar surface area (TPSA) is 129 Å². The van der Waals surface area contributed by atoms with Gasteiger partial charge in [-0.15, -0.1) is 0 Å². The van der Waals surface area contributed by atoms with E-state index in [0.717, 1.165) is 6.07 Å². The zero-order valence-electron chi connectivity index (χ0n) is 6.82. The van der Waals surface area contributed by atoms with Crippen molar-refractivity contribution in [1.82, 2.24) is 0 Å². The van der Waals surface area contributed by atoms with Gasteiger partial charge < -0.3 is 5.73 Å². The second-order valence-corrected chi connectivity index (χ2v) is 3.78. The fourth-order valence-electron chi connectivity index (χ4n) is 0.860. The van der Waals surface area contributed by atoms with Gasteiger partial charge in [-0.05, 0) is 17.7 Å². The number of hydrogen-bond donors (Lipinski definition) is 2. The number of nitrogens with zero attached hydrogens (tertiary/aromatic N) is 3. The molecule has 0 atom stereocenters. The molecule has 1 rings (SSSR count). The van der Waals surface area contributed by atoms with Gasteiger partial charge >= 0.3 is 0 Å². The van der Waals surface area contributed by atoms with Gasteiger partial charge in [-0.3, -0.25) is 4.55 Å². The Hall–Kier alpha value is -1.76. The number of benzene rings is 1. The molecule has 8 heteroatoms. The summed E-state index contributed by atoms with van der Waals surface area (Å²) in [5.41, 5.74) is 13.4. The van der Waals surface area contributed by atoms with E-state index in [1.807, 2.05) is 0 Å². The maximum Gasteiger partial charge on any atom is 0.296 e. The summed E-state index contributed by atoms with van der Waals surface area (Å²) in [6.07, 6.45) is 0. The molecule has 7 nitrogen and oxygen atoms in total. The molecule has 1 aromatic rings. The van der Waals surface area contributed by atoms with E-state index in [9.17, 15) is 8.42 Å². The minimum absolute atomic E-state index is 0.0642. The van der Waals surface area contributed by atoms with E-state index < -0.39 is 15.0 Å². The van der Waals surface area contributed by atoms with Crippen LogP contribution in [0.1, 0.15) is 0 Å². The van der Waals surface area contributed by atoms with E-state index in [1.165, 1.54) is 12.1 Å². The van der Waals surface area contributed by atoms with Crippen LogP contribution >= 0.6 is 0 Å². The van der Waals surface area contributed by atoms with E-state index in [2.05, 4.69) is 10.0 Å². The lowest BCUT2D eigenvalue weighted by Crippen LogP contribution is -2.02. The van der Waals surface area contributed by atoms with Crippen LogP contribution in [-0.2, 0) is 10.1 Å². The lowest BCUT2D eigenvalue weighted by Gasteiger charge is -2.02. The van der Waals surface area contributed by atoms with E-state index >= 15 is 0 Å². The van der Waals surface area contributed by atoms with E-state index in [4.69, 9.17) is 15.8 Å². The smallest absolute Gasteiger partial charge is 0.296 e. The lowest BCUT2D eigenvalue weighted by molar-refractivity contribution is 0.483. The van der Waals surface area contributed by atoms with Crippen molar-refractivity contribution < 1.29 is 13.0 Å². The van der Waals surface area contributed by atoms with E-state index in [0.29, 0.717) is 0 Å². The lowest BCUT2D eigenvalue weighted by atomic mass is 10.3. The quantitative estimate of drug-likeness (QED) is 0.253. The molecule has 3 N–H and O–H groups in total. The molecular weight excluding hydrogens is 208 g/mol. The highest BCUT2D eigenvalue weighted by atomic mass is 32.2. The molecule has 0 radical (unpaired) electrons. The number of rotatable bonds is 2. The Labute approximate surface area is 79.5 Å². The van der Waals surface area contributed by atoms with Gasteiger partial charge in [-0.1, -0.05) is 11.2 Å². The first-order valence-electron chi connectivity index (χ1n) is 3.37. The normalized spacial score (nSPS) is 10.6. The van der Waals surface area contributed by atoms with Crippen LogP contribution in [0.4, 0.5) is 11.4 Å². The van der Waals surface area contributed by atoms with Crippen molar-refractivity contribution in [3.05, 3.63) is 28.6 Å². The Kier molecular flexibility index (Phi) is 2.61. The fourth-order valence-corrected chi connectivity index (χ4v) is 1.50. The fraction of sp³-hybridized carbons (Fsp3) is 0. The first-order valence-corrected chi connectivity index (χ1v) is 4.81. The zero-order valence-corrected chi connectivity index (χ0v) is 7.64. The molecule has 0 aliphatic heterocycles. The second-order valence-electron chi connectivity index (χ2n) is 2.39. The monoisotopic (exact) mass is 214 g/mol. The van der Waals surface area contributed by atoms with Crippen LogP contribution in [-0.4, -0.2) is 13.0 Å². The second kappa shape index (κ2) is 3.54. The van der Waals surface area contributed by atoms with E-state index in [-0.39, 0.29) is 11.4 Å². The third kappa shape index (κ3) is 2.13. The van der Waals surface area contributed by atoms with E-state index in [1.54, 1.807) is 0 Å². The van der Waals surface area contributed by atoms with Crippen LogP contribution in [0.25, 0.3) is 10.4 Å². The Morgan fingerprint density at radius 2 is 2.14 bits per heavy atom. The molecule has 0 spiro atoms. The van der Waals surface area contributed by atoms with Gasteiger partial charge in [0.25, 0.3) is 10.1 Å². The number of nitrogen functional groups attached to an aromatic ring is 1. The highest BCUT2D eigenvalue weighted by molar-refractivity contribution is 7.86. The Morgan fingerprint density at radius 1 is 1.50 bits per heavy atom. The number of azide groups is 1. The summed E-state index contributed by atoms with van der Waals surface area (Å²) in [5.74, 6) is 0. The molecule has 74 valence electrons. The third-order valence-corrected chi connectivity index (χ3v) is 2.34. The summed E-state index contributed by atoms with van der Waals surface area (Å²) >= 11 is 0. The minimum Gasteiger partial charge on any atom is -0.398 e. The molecule has 1 aromatic carbocycles.